The Balaban J connectivity index is 2.61. The number of rotatable bonds is 0. The highest BCUT2D eigenvalue weighted by atomic mass is 79.9. The summed E-state index contributed by atoms with van der Waals surface area (Å²) in [4.78, 5) is 15.8. The maximum absolute atomic E-state index is 11.5. The number of hydrogen-bond acceptors (Lipinski definition) is 2. The van der Waals surface area contributed by atoms with E-state index in [1.54, 1.807) is 6.20 Å². The molecule has 0 saturated carbocycles. The number of hydrogen-bond donors (Lipinski definition) is 0. The number of carbonyl (C=O) groups excluding carboxylic acids is 1. The Kier molecular flexibility index (Phi) is 1.87. The third-order valence-corrected chi connectivity index (χ3v) is 2.75. The number of nitrogens with zero attached hydrogens (tertiary/aromatic N) is 2. The van der Waals surface area contributed by atoms with E-state index in [-0.39, 0.29) is 11.7 Å². The number of Topliss-reactive ketones (excluding diaryl/α,β-unsaturated/α-hetero) is 1. The summed E-state index contributed by atoms with van der Waals surface area (Å²) in [5.41, 5.74) is 0.938. The van der Waals surface area contributed by atoms with Gasteiger partial charge in [0.1, 0.15) is 5.82 Å². The van der Waals surface area contributed by atoms with Gasteiger partial charge in [-0.05, 0) is 29.8 Å². The van der Waals surface area contributed by atoms with Crippen LogP contribution in [0.2, 0.25) is 0 Å². The molecule has 1 aliphatic rings. The number of carbonyl (C=O) groups is 1. The fourth-order valence-corrected chi connectivity index (χ4v) is 2.03. The number of allylic oxidation sites excluding steroid dienone is 1. The molecule has 0 aliphatic carbocycles. The van der Waals surface area contributed by atoms with Gasteiger partial charge in [-0.3, -0.25) is 4.79 Å². The van der Waals surface area contributed by atoms with Crippen LogP contribution in [0, 0.1) is 6.92 Å². The Morgan fingerprint density at radius 2 is 2.31 bits per heavy atom. The Hall–Kier alpha value is -0.900. The van der Waals surface area contributed by atoms with Gasteiger partial charge in [0.15, 0.2) is 5.78 Å². The van der Waals surface area contributed by atoms with E-state index in [9.17, 15) is 4.79 Å². The standard InChI is InChI=1S/C9H9BrN2O/c1-5-3-12-4-7(10)8(13)6(2)9(12)11-5/h3-4,6H,1-2H3. The van der Waals surface area contributed by atoms with E-state index >= 15 is 0 Å². The summed E-state index contributed by atoms with van der Waals surface area (Å²) in [5, 5.41) is 0. The monoisotopic (exact) mass is 240 g/mol. The van der Waals surface area contributed by atoms with Crippen LogP contribution in [0.25, 0.3) is 6.20 Å². The third kappa shape index (κ3) is 1.25. The highest BCUT2D eigenvalue weighted by molar-refractivity contribution is 9.12. The predicted octanol–water partition coefficient (Wildman–Crippen LogP) is 2.07. The lowest BCUT2D eigenvalue weighted by atomic mass is 10.0. The molecule has 0 N–H and O–H groups in total. The smallest absolute Gasteiger partial charge is 0.181 e. The average molecular weight is 241 g/mol. The normalized spacial score (nSPS) is 21.3. The fraction of sp³-hybridized carbons (Fsp3) is 0.333. The van der Waals surface area contributed by atoms with E-state index in [0.29, 0.717) is 4.48 Å². The van der Waals surface area contributed by atoms with Gasteiger partial charge in [-0.25, -0.2) is 4.98 Å². The SMILES string of the molecule is Cc1cn2c(n1)C(C)C(=O)C(Br)=C2. The lowest BCUT2D eigenvalue weighted by molar-refractivity contribution is -0.116. The molecule has 1 unspecified atom stereocenters. The molecule has 2 heterocycles. The molecule has 0 aromatic carbocycles. The van der Waals surface area contributed by atoms with Gasteiger partial charge in [0.05, 0.1) is 16.1 Å². The second kappa shape index (κ2) is 2.80. The minimum atomic E-state index is -0.145. The molecule has 68 valence electrons. The quantitative estimate of drug-likeness (QED) is 0.696. The number of ketones is 1. The summed E-state index contributed by atoms with van der Waals surface area (Å²) in [5.74, 6) is 0.775. The van der Waals surface area contributed by atoms with Gasteiger partial charge < -0.3 is 4.57 Å². The second-order valence-electron chi connectivity index (χ2n) is 3.21. The third-order valence-electron chi connectivity index (χ3n) is 2.15. The minimum absolute atomic E-state index is 0.0955. The molecule has 0 amide bonds. The summed E-state index contributed by atoms with van der Waals surface area (Å²) in [6.07, 6.45) is 3.68. The first-order valence-corrected chi connectivity index (χ1v) is 4.86. The lowest BCUT2D eigenvalue weighted by Crippen LogP contribution is -2.17. The summed E-state index contributed by atoms with van der Waals surface area (Å²) in [6, 6.07) is 0. The van der Waals surface area contributed by atoms with Crippen molar-refractivity contribution in [1.82, 2.24) is 9.55 Å². The second-order valence-corrected chi connectivity index (χ2v) is 4.07. The van der Waals surface area contributed by atoms with E-state index in [4.69, 9.17) is 0 Å². The molecular weight excluding hydrogens is 232 g/mol. The Bertz CT molecular complexity index is 406. The molecule has 1 atom stereocenters. The first-order chi connectivity index (χ1) is 6.09. The van der Waals surface area contributed by atoms with Gasteiger partial charge >= 0.3 is 0 Å². The molecule has 1 aromatic rings. The van der Waals surface area contributed by atoms with Crippen molar-refractivity contribution in [3.8, 4) is 0 Å². The summed E-state index contributed by atoms with van der Waals surface area (Å²) in [6.45, 7) is 3.79. The minimum Gasteiger partial charge on any atom is -0.308 e. The van der Waals surface area contributed by atoms with Crippen molar-refractivity contribution in [1.29, 1.82) is 0 Å². The van der Waals surface area contributed by atoms with Crippen molar-refractivity contribution in [2.24, 2.45) is 0 Å². The zero-order valence-corrected chi connectivity index (χ0v) is 9.00. The average Bonchev–Trinajstić information content (AvgIpc) is 2.42. The van der Waals surface area contributed by atoms with Crippen molar-refractivity contribution >= 4 is 27.9 Å². The van der Waals surface area contributed by atoms with Gasteiger partial charge in [0.2, 0.25) is 0 Å². The molecule has 4 heteroatoms. The van der Waals surface area contributed by atoms with Crippen LogP contribution in [0.1, 0.15) is 24.4 Å². The molecule has 0 fully saturated rings. The van der Waals surface area contributed by atoms with Crippen molar-refractivity contribution in [2.45, 2.75) is 19.8 Å². The molecule has 3 nitrogen and oxygen atoms in total. The summed E-state index contributed by atoms with van der Waals surface area (Å²) in [7, 11) is 0. The largest absolute Gasteiger partial charge is 0.308 e. The molecule has 0 saturated heterocycles. The van der Waals surface area contributed by atoms with Crippen LogP contribution in [-0.4, -0.2) is 15.3 Å². The van der Waals surface area contributed by atoms with Gasteiger partial charge in [-0.2, -0.15) is 0 Å². The van der Waals surface area contributed by atoms with E-state index in [0.717, 1.165) is 11.5 Å². The summed E-state index contributed by atoms with van der Waals surface area (Å²) >= 11 is 3.24. The topological polar surface area (TPSA) is 34.9 Å². The molecule has 1 aromatic heterocycles. The number of imidazole rings is 1. The maximum Gasteiger partial charge on any atom is 0.181 e. The molecule has 13 heavy (non-hydrogen) atoms. The fourth-order valence-electron chi connectivity index (χ4n) is 1.47. The van der Waals surface area contributed by atoms with Crippen LogP contribution in [0.15, 0.2) is 10.7 Å². The first-order valence-electron chi connectivity index (χ1n) is 4.06. The van der Waals surface area contributed by atoms with Gasteiger partial charge in [-0.1, -0.05) is 0 Å². The molecule has 0 radical (unpaired) electrons. The van der Waals surface area contributed by atoms with Gasteiger partial charge in [-0.15, -0.1) is 0 Å². The molecule has 1 aliphatic heterocycles. The van der Waals surface area contributed by atoms with Crippen LogP contribution in [-0.2, 0) is 4.79 Å². The Morgan fingerprint density at radius 1 is 1.62 bits per heavy atom. The highest BCUT2D eigenvalue weighted by Gasteiger charge is 2.26. The zero-order valence-electron chi connectivity index (χ0n) is 7.41. The highest BCUT2D eigenvalue weighted by Crippen LogP contribution is 2.28. The van der Waals surface area contributed by atoms with Crippen molar-refractivity contribution in [3.05, 3.63) is 22.2 Å². The van der Waals surface area contributed by atoms with E-state index in [1.165, 1.54) is 0 Å². The number of aryl methyl sites for hydroxylation is 1. The summed E-state index contributed by atoms with van der Waals surface area (Å²) < 4.78 is 2.51. The first kappa shape index (κ1) is 8.69. The van der Waals surface area contributed by atoms with Crippen LogP contribution in [0.5, 0.6) is 0 Å². The Labute approximate surface area is 84.6 Å². The molecule has 0 bridgehead atoms. The number of fused-ring (bicyclic) bond motifs is 1. The molecule has 2 rings (SSSR count). The van der Waals surface area contributed by atoms with Crippen LogP contribution < -0.4 is 0 Å². The van der Waals surface area contributed by atoms with Crippen molar-refractivity contribution in [2.75, 3.05) is 0 Å². The zero-order chi connectivity index (χ0) is 9.59. The van der Waals surface area contributed by atoms with Gasteiger partial charge in [0, 0.05) is 12.4 Å². The van der Waals surface area contributed by atoms with Crippen molar-refractivity contribution < 1.29 is 4.79 Å². The predicted molar refractivity (Wildman–Crippen MR) is 53.6 cm³/mol. The lowest BCUT2D eigenvalue weighted by Gasteiger charge is -2.15. The number of halogens is 1. The molecule has 0 spiro atoms. The number of aromatic nitrogens is 2. The van der Waals surface area contributed by atoms with Crippen LogP contribution in [0.4, 0.5) is 0 Å². The van der Waals surface area contributed by atoms with Crippen LogP contribution >= 0.6 is 15.9 Å². The van der Waals surface area contributed by atoms with Crippen LogP contribution in [0.3, 0.4) is 0 Å². The van der Waals surface area contributed by atoms with E-state index < -0.39 is 0 Å². The van der Waals surface area contributed by atoms with Gasteiger partial charge in [0.25, 0.3) is 0 Å². The van der Waals surface area contributed by atoms with E-state index in [1.807, 2.05) is 24.6 Å². The maximum atomic E-state index is 11.5. The van der Waals surface area contributed by atoms with E-state index in [2.05, 4.69) is 20.9 Å². The molecular formula is C9H9BrN2O. The Morgan fingerprint density at radius 3 is 3.00 bits per heavy atom. The van der Waals surface area contributed by atoms with Crippen molar-refractivity contribution in [3.63, 3.8) is 0 Å².